The maximum Gasteiger partial charge on any atom is 0.255 e. The summed E-state index contributed by atoms with van der Waals surface area (Å²) < 4.78 is 0. The number of carbonyl (C=O) groups excluding carboxylic acids is 3. The number of aliphatic hydroxyl groups excluding tert-OH is 3. The number of halogens is 1. The van der Waals surface area contributed by atoms with Crippen LogP contribution >= 0.6 is 11.6 Å². The first-order chi connectivity index (χ1) is 13.1. The van der Waals surface area contributed by atoms with Crippen LogP contribution in [-0.2, 0) is 9.59 Å². The molecule has 1 aromatic rings. The number of carbonyl (C=O) groups is 3. The Balaban J connectivity index is 1.91. The third kappa shape index (κ3) is 2.31. The SMILES string of the molecule is NC(=O)C1=C(O)CC2CC3C(=C(O)C2C1=O)C(=O)c1c(O)ccc(Cl)c1C3O. The Bertz CT molecular complexity index is 1030. The summed E-state index contributed by atoms with van der Waals surface area (Å²) in [5.74, 6) is -6.93. The Morgan fingerprint density at radius 2 is 1.86 bits per heavy atom. The van der Waals surface area contributed by atoms with E-state index in [1.165, 1.54) is 12.1 Å². The van der Waals surface area contributed by atoms with Crippen LogP contribution in [0, 0.1) is 17.8 Å². The highest BCUT2D eigenvalue weighted by Crippen LogP contribution is 2.53. The Labute approximate surface area is 163 Å². The molecule has 0 saturated carbocycles. The zero-order valence-corrected chi connectivity index (χ0v) is 15.1. The van der Waals surface area contributed by atoms with Crippen LogP contribution in [0.25, 0.3) is 0 Å². The highest BCUT2D eigenvalue weighted by molar-refractivity contribution is 6.32. The Morgan fingerprint density at radius 1 is 1.18 bits per heavy atom. The lowest BCUT2D eigenvalue weighted by atomic mass is 9.61. The number of aromatic hydroxyl groups is 1. The summed E-state index contributed by atoms with van der Waals surface area (Å²) in [6, 6.07) is 2.55. The molecule has 6 N–H and O–H groups in total. The average Bonchev–Trinajstić information content (AvgIpc) is 2.60. The second kappa shape index (κ2) is 6.08. The minimum absolute atomic E-state index is 0.0615. The number of amides is 1. The lowest BCUT2D eigenvalue weighted by molar-refractivity contribution is -0.126. The molecule has 1 aromatic carbocycles. The van der Waals surface area contributed by atoms with E-state index in [1.807, 2.05) is 0 Å². The van der Waals surface area contributed by atoms with Crippen molar-refractivity contribution in [1.29, 1.82) is 0 Å². The maximum atomic E-state index is 13.0. The number of hydrogen-bond acceptors (Lipinski definition) is 7. The van der Waals surface area contributed by atoms with Crippen LogP contribution in [0.4, 0.5) is 0 Å². The van der Waals surface area contributed by atoms with E-state index in [-0.39, 0.29) is 34.6 Å². The number of ketones is 2. The number of phenolic OH excluding ortho intramolecular Hbond substituents is 1. The number of fused-ring (bicyclic) bond motifs is 3. The number of aliphatic hydroxyl groups is 3. The van der Waals surface area contributed by atoms with Crippen molar-refractivity contribution in [3.8, 4) is 5.75 Å². The second-order valence-corrected chi connectivity index (χ2v) is 7.67. The van der Waals surface area contributed by atoms with E-state index >= 15 is 0 Å². The highest BCUT2D eigenvalue weighted by Gasteiger charge is 2.52. The van der Waals surface area contributed by atoms with Gasteiger partial charge in [0.2, 0.25) is 0 Å². The summed E-state index contributed by atoms with van der Waals surface area (Å²) in [5, 5.41) is 41.9. The van der Waals surface area contributed by atoms with Gasteiger partial charge < -0.3 is 26.2 Å². The van der Waals surface area contributed by atoms with Crippen molar-refractivity contribution in [3.05, 3.63) is 50.9 Å². The molecule has 0 saturated heterocycles. The van der Waals surface area contributed by atoms with Gasteiger partial charge in [0.25, 0.3) is 5.91 Å². The van der Waals surface area contributed by atoms with Crippen molar-refractivity contribution in [2.75, 3.05) is 0 Å². The van der Waals surface area contributed by atoms with E-state index in [4.69, 9.17) is 17.3 Å². The normalized spacial score (nSPS) is 29.4. The average molecular weight is 406 g/mol. The van der Waals surface area contributed by atoms with Crippen molar-refractivity contribution < 1.29 is 34.8 Å². The smallest absolute Gasteiger partial charge is 0.255 e. The molecule has 4 unspecified atom stereocenters. The first-order valence-corrected chi connectivity index (χ1v) is 8.96. The molecular formula is C19H16ClNO7. The van der Waals surface area contributed by atoms with Gasteiger partial charge in [-0.25, -0.2) is 0 Å². The Kier molecular flexibility index (Phi) is 4.02. The first-order valence-electron chi connectivity index (χ1n) is 8.58. The number of nitrogens with two attached hydrogens (primary N) is 1. The largest absolute Gasteiger partial charge is 0.511 e. The van der Waals surface area contributed by atoms with Crippen molar-refractivity contribution in [2.24, 2.45) is 23.5 Å². The van der Waals surface area contributed by atoms with Gasteiger partial charge in [-0.05, 0) is 24.5 Å². The number of primary amides is 1. The van der Waals surface area contributed by atoms with E-state index in [2.05, 4.69) is 0 Å². The summed E-state index contributed by atoms with van der Waals surface area (Å²) in [4.78, 5) is 37.3. The standard InChI is InChI=1S/C19H16ClNO7/c20-7-1-2-8(22)13-12(7)15(24)6-3-5-4-9(23)14(19(21)28)17(26)10(5)16(25)11(6)18(13)27/h1-2,5-6,10,15,22-25H,3-4H2,(H2,21,28). The van der Waals surface area contributed by atoms with E-state index in [0.29, 0.717) is 0 Å². The van der Waals surface area contributed by atoms with E-state index in [1.54, 1.807) is 0 Å². The van der Waals surface area contributed by atoms with Crippen molar-refractivity contribution in [2.45, 2.75) is 18.9 Å². The summed E-state index contributed by atoms with van der Waals surface area (Å²) in [7, 11) is 0. The van der Waals surface area contributed by atoms with Crippen LogP contribution in [0.3, 0.4) is 0 Å². The van der Waals surface area contributed by atoms with Gasteiger partial charge in [0.15, 0.2) is 11.6 Å². The first kappa shape index (κ1) is 18.5. The summed E-state index contributed by atoms with van der Waals surface area (Å²) in [6.07, 6.45) is -1.32. The molecule has 1 amide bonds. The van der Waals surface area contributed by atoms with Gasteiger partial charge in [0, 0.05) is 28.5 Å². The van der Waals surface area contributed by atoms with Gasteiger partial charge in [-0.2, -0.15) is 0 Å². The van der Waals surface area contributed by atoms with Gasteiger partial charge in [-0.3, -0.25) is 14.4 Å². The van der Waals surface area contributed by atoms with Crippen LogP contribution in [0.2, 0.25) is 5.02 Å². The third-order valence-electron chi connectivity index (χ3n) is 5.81. The molecule has 3 aliphatic carbocycles. The molecule has 146 valence electrons. The number of allylic oxidation sites excluding steroid dienone is 2. The monoisotopic (exact) mass is 405 g/mol. The van der Waals surface area contributed by atoms with Gasteiger partial charge in [0.05, 0.1) is 17.6 Å². The van der Waals surface area contributed by atoms with Crippen LogP contribution in [0.15, 0.2) is 34.8 Å². The molecule has 8 nitrogen and oxygen atoms in total. The molecule has 4 atom stereocenters. The summed E-state index contributed by atoms with van der Waals surface area (Å²) in [6.45, 7) is 0. The zero-order chi connectivity index (χ0) is 20.5. The molecule has 4 rings (SSSR count). The molecule has 9 heteroatoms. The minimum atomic E-state index is -1.30. The third-order valence-corrected chi connectivity index (χ3v) is 6.14. The van der Waals surface area contributed by atoms with Gasteiger partial charge in [-0.1, -0.05) is 11.6 Å². The topological polar surface area (TPSA) is 158 Å². The molecule has 3 aliphatic rings. The lowest BCUT2D eigenvalue weighted by Crippen LogP contribution is -2.44. The van der Waals surface area contributed by atoms with E-state index < -0.39 is 64.2 Å². The Morgan fingerprint density at radius 3 is 2.50 bits per heavy atom. The predicted octanol–water partition coefficient (Wildman–Crippen LogP) is 1.61. The number of rotatable bonds is 1. The van der Waals surface area contributed by atoms with Crippen molar-refractivity contribution in [3.63, 3.8) is 0 Å². The van der Waals surface area contributed by atoms with E-state index in [0.717, 1.165) is 0 Å². The summed E-state index contributed by atoms with van der Waals surface area (Å²) in [5.41, 5.74) is 4.21. The molecule has 0 radical (unpaired) electrons. The fourth-order valence-corrected chi connectivity index (χ4v) is 4.90. The lowest BCUT2D eigenvalue weighted by Gasteiger charge is -2.42. The predicted molar refractivity (Wildman–Crippen MR) is 95.6 cm³/mol. The molecule has 0 heterocycles. The molecule has 0 spiro atoms. The van der Waals surface area contributed by atoms with Crippen molar-refractivity contribution >= 4 is 29.1 Å². The molecule has 0 aliphatic heterocycles. The molecule has 28 heavy (non-hydrogen) atoms. The fourth-order valence-electron chi connectivity index (χ4n) is 4.63. The van der Waals surface area contributed by atoms with Gasteiger partial charge in [0.1, 0.15) is 22.8 Å². The molecule has 0 fully saturated rings. The van der Waals surface area contributed by atoms with Crippen LogP contribution in [0.5, 0.6) is 5.75 Å². The van der Waals surface area contributed by atoms with Crippen LogP contribution in [-0.4, -0.2) is 37.9 Å². The van der Waals surface area contributed by atoms with Gasteiger partial charge in [-0.15, -0.1) is 0 Å². The number of phenols is 1. The molecular weight excluding hydrogens is 390 g/mol. The fraction of sp³-hybridized carbons (Fsp3) is 0.316. The number of hydrogen-bond donors (Lipinski definition) is 5. The van der Waals surface area contributed by atoms with E-state index in [9.17, 15) is 34.8 Å². The van der Waals surface area contributed by atoms with Crippen LogP contribution < -0.4 is 5.73 Å². The minimum Gasteiger partial charge on any atom is -0.511 e. The molecule has 0 bridgehead atoms. The number of benzene rings is 1. The maximum absolute atomic E-state index is 13.0. The highest BCUT2D eigenvalue weighted by atomic mass is 35.5. The number of Topliss-reactive ketones (excluding diaryl/α,β-unsaturated/α-hetero) is 2. The quantitative estimate of drug-likeness (QED) is 0.444. The van der Waals surface area contributed by atoms with Crippen LogP contribution in [0.1, 0.15) is 34.9 Å². The molecule has 0 aromatic heterocycles. The van der Waals surface area contributed by atoms with Gasteiger partial charge >= 0.3 is 0 Å². The Hall–Kier alpha value is -2.84. The zero-order valence-electron chi connectivity index (χ0n) is 14.3. The second-order valence-electron chi connectivity index (χ2n) is 7.26. The van der Waals surface area contributed by atoms with Crippen molar-refractivity contribution in [1.82, 2.24) is 0 Å². The summed E-state index contributed by atoms with van der Waals surface area (Å²) >= 11 is 6.12.